The van der Waals surface area contributed by atoms with E-state index in [-0.39, 0.29) is 6.10 Å². The molecule has 0 aromatic heterocycles. The van der Waals surface area contributed by atoms with Crippen molar-refractivity contribution >= 4 is 5.69 Å². The van der Waals surface area contributed by atoms with Crippen LogP contribution in [-0.4, -0.2) is 0 Å². The smallest absolute Gasteiger partial charge is 0.124 e. The molecule has 0 amide bonds. The molecule has 0 spiro atoms. The molecule has 90 valence electrons. The zero-order chi connectivity index (χ0) is 12.4. The molecule has 0 saturated carbocycles. The van der Waals surface area contributed by atoms with Crippen LogP contribution in [0.1, 0.15) is 23.7 Å². The van der Waals surface area contributed by atoms with E-state index in [4.69, 9.17) is 4.74 Å². The van der Waals surface area contributed by atoms with Crippen molar-refractivity contribution < 1.29 is 4.74 Å². The van der Waals surface area contributed by atoms with Crippen LogP contribution in [-0.2, 0) is 6.42 Å². The maximum atomic E-state index is 10.3. The van der Waals surface area contributed by atoms with Gasteiger partial charge in [0.05, 0.1) is 0 Å². The lowest BCUT2D eigenvalue weighted by molar-refractivity contribution is 0.207. The van der Waals surface area contributed by atoms with E-state index in [1.54, 1.807) is 24.3 Å². The van der Waals surface area contributed by atoms with Crippen LogP contribution in [0.2, 0.25) is 0 Å². The molecule has 0 bridgehead atoms. The molecule has 0 aliphatic heterocycles. The Kier molecular flexibility index (Phi) is 2.81. The molecule has 0 fully saturated rings. The Morgan fingerprint density at radius 3 is 2.61 bits per heavy atom. The molecular weight excluding hydrogens is 226 g/mol. The van der Waals surface area contributed by atoms with E-state index in [2.05, 4.69) is 23.4 Å². The van der Waals surface area contributed by atoms with Crippen molar-refractivity contribution in [3.8, 4) is 5.75 Å². The van der Waals surface area contributed by atoms with Crippen molar-refractivity contribution in [2.75, 3.05) is 0 Å². The molecule has 1 aliphatic carbocycles. The fourth-order valence-electron chi connectivity index (χ4n) is 2.39. The molecule has 3 nitrogen and oxygen atoms in total. The van der Waals surface area contributed by atoms with Crippen molar-refractivity contribution in [1.82, 2.24) is 0 Å². The third-order valence-electron chi connectivity index (χ3n) is 3.30. The Labute approximate surface area is 105 Å². The molecule has 1 aliphatic rings. The number of nitrogens with zero attached hydrogens (tertiary/aromatic N) is 1. The van der Waals surface area contributed by atoms with Gasteiger partial charge in [0.1, 0.15) is 17.5 Å². The first-order valence-corrected chi connectivity index (χ1v) is 6.05. The molecule has 2 aromatic rings. The van der Waals surface area contributed by atoms with E-state index in [1.165, 1.54) is 11.1 Å². The maximum absolute atomic E-state index is 10.3. The van der Waals surface area contributed by atoms with Gasteiger partial charge in [-0.2, -0.15) is 0 Å². The van der Waals surface area contributed by atoms with Crippen LogP contribution >= 0.6 is 0 Å². The Bertz CT molecular complexity index is 563. The Morgan fingerprint density at radius 1 is 1.06 bits per heavy atom. The largest absolute Gasteiger partial charge is 0.486 e. The number of ether oxygens (including phenoxy) is 1. The van der Waals surface area contributed by atoms with Gasteiger partial charge in [-0.1, -0.05) is 24.3 Å². The fraction of sp³-hybridized carbons (Fsp3) is 0.200. The first kappa shape index (κ1) is 11.0. The average Bonchev–Trinajstić information content (AvgIpc) is 2.83. The molecule has 3 heteroatoms. The molecular formula is C15H13NO2. The second-order valence-electron chi connectivity index (χ2n) is 4.43. The number of fused-ring (bicyclic) bond motifs is 1. The molecule has 0 heterocycles. The van der Waals surface area contributed by atoms with Crippen LogP contribution in [0.3, 0.4) is 0 Å². The van der Waals surface area contributed by atoms with E-state index >= 15 is 0 Å². The SMILES string of the molecule is O=Nc1ccc(O[C@H]2CCc3ccccc32)cc1. The first-order valence-electron chi connectivity index (χ1n) is 6.05. The van der Waals surface area contributed by atoms with Gasteiger partial charge in [0.25, 0.3) is 0 Å². The monoisotopic (exact) mass is 239 g/mol. The van der Waals surface area contributed by atoms with Crippen molar-refractivity contribution in [1.29, 1.82) is 0 Å². The molecule has 0 unspecified atom stereocenters. The summed E-state index contributed by atoms with van der Waals surface area (Å²) in [6.07, 6.45) is 2.19. The minimum absolute atomic E-state index is 0.122. The summed E-state index contributed by atoms with van der Waals surface area (Å²) in [4.78, 5) is 10.3. The third-order valence-corrected chi connectivity index (χ3v) is 3.30. The highest BCUT2D eigenvalue weighted by Gasteiger charge is 2.23. The van der Waals surface area contributed by atoms with E-state index in [0.29, 0.717) is 5.69 Å². The number of nitroso groups, excluding NO2 is 1. The lowest BCUT2D eigenvalue weighted by Crippen LogP contribution is -2.02. The lowest BCUT2D eigenvalue weighted by Gasteiger charge is -2.14. The molecule has 0 saturated heterocycles. The highest BCUT2D eigenvalue weighted by molar-refractivity contribution is 5.41. The van der Waals surface area contributed by atoms with Gasteiger partial charge < -0.3 is 4.74 Å². The van der Waals surface area contributed by atoms with Gasteiger partial charge in [-0.25, -0.2) is 0 Å². The quantitative estimate of drug-likeness (QED) is 0.754. The predicted octanol–water partition coefficient (Wildman–Crippen LogP) is 4.15. The van der Waals surface area contributed by atoms with Crippen LogP contribution in [0.25, 0.3) is 0 Å². The van der Waals surface area contributed by atoms with Gasteiger partial charge in [-0.15, -0.1) is 4.91 Å². The molecule has 3 rings (SSSR count). The molecule has 0 N–H and O–H groups in total. The number of hydrogen-bond acceptors (Lipinski definition) is 3. The average molecular weight is 239 g/mol. The summed E-state index contributed by atoms with van der Waals surface area (Å²) < 4.78 is 5.96. The van der Waals surface area contributed by atoms with Crippen LogP contribution in [0, 0.1) is 4.91 Å². The van der Waals surface area contributed by atoms with Gasteiger partial charge in [0.2, 0.25) is 0 Å². The second kappa shape index (κ2) is 4.61. The van der Waals surface area contributed by atoms with Gasteiger partial charge in [0, 0.05) is 0 Å². The maximum Gasteiger partial charge on any atom is 0.124 e. The summed E-state index contributed by atoms with van der Waals surface area (Å²) >= 11 is 0. The second-order valence-corrected chi connectivity index (χ2v) is 4.43. The standard InChI is InChI=1S/C15H13NO2/c17-16-12-6-8-13(9-7-12)18-15-10-5-11-3-1-2-4-14(11)15/h1-4,6-9,15H,5,10H2/t15-/m0/s1. The molecule has 0 radical (unpaired) electrons. The highest BCUT2D eigenvalue weighted by Crippen LogP contribution is 2.35. The Hall–Kier alpha value is -2.16. The van der Waals surface area contributed by atoms with Gasteiger partial charge in [-0.05, 0) is 53.4 Å². The summed E-state index contributed by atoms with van der Waals surface area (Å²) in [5.41, 5.74) is 3.07. The molecule has 1 atom stereocenters. The topological polar surface area (TPSA) is 38.7 Å². The van der Waals surface area contributed by atoms with E-state index in [0.717, 1.165) is 18.6 Å². The van der Waals surface area contributed by atoms with Gasteiger partial charge in [-0.3, -0.25) is 0 Å². The van der Waals surface area contributed by atoms with Gasteiger partial charge >= 0.3 is 0 Å². The third kappa shape index (κ3) is 1.99. The summed E-state index contributed by atoms with van der Waals surface area (Å²) in [5.74, 6) is 0.782. The van der Waals surface area contributed by atoms with Crippen LogP contribution in [0.5, 0.6) is 5.75 Å². The summed E-state index contributed by atoms with van der Waals surface area (Å²) in [6, 6.07) is 15.3. The van der Waals surface area contributed by atoms with Crippen LogP contribution < -0.4 is 4.74 Å². The van der Waals surface area contributed by atoms with Crippen molar-refractivity contribution in [3.05, 3.63) is 64.6 Å². The van der Waals surface area contributed by atoms with Crippen molar-refractivity contribution in [3.63, 3.8) is 0 Å². The Morgan fingerprint density at radius 2 is 1.83 bits per heavy atom. The minimum atomic E-state index is 0.122. The van der Waals surface area contributed by atoms with E-state index in [1.807, 2.05) is 6.07 Å². The lowest BCUT2D eigenvalue weighted by atomic mass is 10.1. The van der Waals surface area contributed by atoms with E-state index in [9.17, 15) is 4.91 Å². The predicted molar refractivity (Wildman–Crippen MR) is 70.0 cm³/mol. The van der Waals surface area contributed by atoms with Crippen molar-refractivity contribution in [2.24, 2.45) is 5.18 Å². The summed E-state index contributed by atoms with van der Waals surface area (Å²) in [5, 5.41) is 2.87. The zero-order valence-electron chi connectivity index (χ0n) is 9.87. The van der Waals surface area contributed by atoms with Crippen LogP contribution in [0.15, 0.2) is 53.7 Å². The molecule has 2 aromatic carbocycles. The normalized spacial score (nSPS) is 17.2. The Balaban J connectivity index is 1.79. The number of hydrogen-bond donors (Lipinski definition) is 0. The first-order chi connectivity index (χ1) is 8.86. The minimum Gasteiger partial charge on any atom is -0.486 e. The summed E-state index contributed by atoms with van der Waals surface area (Å²) in [6.45, 7) is 0. The highest BCUT2D eigenvalue weighted by atomic mass is 16.5. The molecule has 18 heavy (non-hydrogen) atoms. The summed E-state index contributed by atoms with van der Waals surface area (Å²) in [7, 11) is 0. The van der Waals surface area contributed by atoms with Gasteiger partial charge in [0.15, 0.2) is 0 Å². The van der Waals surface area contributed by atoms with Crippen molar-refractivity contribution in [2.45, 2.75) is 18.9 Å². The van der Waals surface area contributed by atoms with E-state index < -0.39 is 0 Å². The number of rotatable bonds is 3. The number of aryl methyl sites for hydroxylation is 1. The number of benzene rings is 2. The zero-order valence-corrected chi connectivity index (χ0v) is 9.87. The fourth-order valence-corrected chi connectivity index (χ4v) is 2.39. The van der Waals surface area contributed by atoms with Crippen LogP contribution in [0.4, 0.5) is 5.69 Å².